The first-order chi connectivity index (χ1) is 11.1. The molecular formula is C16H13N3O2S2. The first kappa shape index (κ1) is 15.5. The van der Waals surface area contributed by atoms with Gasteiger partial charge in [0, 0.05) is 11.3 Å². The van der Waals surface area contributed by atoms with Crippen molar-refractivity contribution in [2.45, 2.75) is 4.34 Å². The minimum Gasteiger partial charge on any atom is -0.366 e. The van der Waals surface area contributed by atoms with Crippen LogP contribution in [0.1, 0.15) is 10.4 Å². The number of anilines is 1. The van der Waals surface area contributed by atoms with Crippen molar-refractivity contribution in [1.29, 1.82) is 0 Å². The molecular weight excluding hydrogens is 330 g/mol. The zero-order valence-electron chi connectivity index (χ0n) is 12.0. The number of carbonyl (C=O) groups excluding carboxylic acids is 2. The van der Waals surface area contributed by atoms with E-state index in [0.717, 1.165) is 14.6 Å². The van der Waals surface area contributed by atoms with Crippen molar-refractivity contribution in [3.63, 3.8) is 0 Å². The summed E-state index contributed by atoms with van der Waals surface area (Å²) in [6, 6.07) is 14.4. The normalized spacial score (nSPS) is 10.6. The maximum absolute atomic E-state index is 12.0. The Morgan fingerprint density at radius 3 is 2.78 bits per heavy atom. The molecule has 0 atom stereocenters. The SMILES string of the molecule is NC(=O)c1cccc(NC(=O)CSc2nc3ccccc3s2)c1. The molecule has 0 spiro atoms. The molecule has 3 aromatic rings. The Balaban J connectivity index is 1.61. The van der Waals surface area contributed by atoms with Crippen LogP contribution < -0.4 is 11.1 Å². The lowest BCUT2D eigenvalue weighted by Crippen LogP contribution is -2.15. The van der Waals surface area contributed by atoms with Crippen LogP contribution >= 0.6 is 23.1 Å². The van der Waals surface area contributed by atoms with Gasteiger partial charge < -0.3 is 11.1 Å². The molecule has 1 heterocycles. The van der Waals surface area contributed by atoms with E-state index < -0.39 is 5.91 Å². The summed E-state index contributed by atoms with van der Waals surface area (Å²) < 4.78 is 1.96. The van der Waals surface area contributed by atoms with Crippen LogP contribution in [0.4, 0.5) is 5.69 Å². The van der Waals surface area contributed by atoms with Crippen LogP contribution in [-0.2, 0) is 4.79 Å². The topological polar surface area (TPSA) is 85.1 Å². The number of thiazole rings is 1. The number of hydrogen-bond acceptors (Lipinski definition) is 5. The summed E-state index contributed by atoms with van der Waals surface area (Å²) in [5, 5.41) is 2.75. The largest absolute Gasteiger partial charge is 0.366 e. The van der Waals surface area contributed by atoms with Gasteiger partial charge in [0.15, 0.2) is 4.34 Å². The van der Waals surface area contributed by atoms with Gasteiger partial charge in [-0.05, 0) is 30.3 Å². The summed E-state index contributed by atoms with van der Waals surface area (Å²) in [4.78, 5) is 27.6. The molecule has 2 amide bonds. The van der Waals surface area contributed by atoms with Crippen LogP contribution in [0.15, 0.2) is 52.9 Å². The van der Waals surface area contributed by atoms with Crippen molar-refractivity contribution < 1.29 is 9.59 Å². The van der Waals surface area contributed by atoms with Gasteiger partial charge in [0.1, 0.15) is 0 Å². The first-order valence-corrected chi connectivity index (χ1v) is 8.60. The number of benzene rings is 2. The van der Waals surface area contributed by atoms with Gasteiger partial charge in [-0.1, -0.05) is 30.0 Å². The monoisotopic (exact) mass is 343 g/mol. The molecule has 5 nitrogen and oxygen atoms in total. The van der Waals surface area contributed by atoms with E-state index in [1.807, 2.05) is 24.3 Å². The Morgan fingerprint density at radius 1 is 1.17 bits per heavy atom. The van der Waals surface area contributed by atoms with Crippen LogP contribution in [-0.4, -0.2) is 22.6 Å². The summed E-state index contributed by atoms with van der Waals surface area (Å²) in [7, 11) is 0. The maximum atomic E-state index is 12.0. The smallest absolute Gasteiger partial charge is 0.248 e. The van der Waals surface area contributed by atoms with Gasteiger partial charge in [-0.3, -0.25) is 9.59 Å². The number of nitrogens with zero attached hydrogens (tertiary/aromatic N) is 1. The van der Waals surface area contributed by atoms with Crippen LogP contribution in [0.5, 0.6) is 0 Å². The van der Waals surface area contributed by atoms with Gasteiger partial charge in [0.05, 0.1) is 16.0 Å². The molecule has 0 fully saturated rings. The second-order valence-electron chi connectivity index (χ2n) is 4.73. The quantitative estimate of drug-likeness (QED) is 0.697. The van der Waals surface area contributed by atoms with E-state index in [4.69, 9.17) is 5.73 Å². The fourth-order valence-electron chi connectivity index (χ4n) is 1.99. The molecule has 7 heteroatoms. The highest BCUT2D eigenvalue weighted by Gasteiger charge is 2.09. The zero-order chi connectivity index (χ0) is 16.2. The number of nitrogens with two attached hydrogens (primary N) is 1. The Morgan fingerprint density at radius 2 is 2.00 bits per heavy atom. The van der Waals surface area contributed by atoms with Gasteiger partial charge >= 0.3 is 0 Å². The molecule has 0 aliphatic rings. The lowest BCUT2D eigenvalue weighted by Gasteiger charge is -2.05. The Bertz CT molecular complexity index is 843. The van der Waals surface area contributed by atoms with Crippen molar-refractivity contribution in [3.05, 3.63) is 54.1 Å². The number of amides is 2. The summed E-state index contributed by atoms with van der Waals surface area (Å²) in [6.07, 6.45) is 0. The average Bonchev–Trinajstić information content (AvgIpc) is 2.96. The molecule has 2 aromatic carbocycles. The van der Waals surface area contributed by atoms with E-state index in [1.165, 1.54) is 11.8 Å². The average molecular weight is 343 g/mol. The lowest BCUT2D eigenvalue weighted by molar-refractivity contribution is -0.113. The number of aromatic nitrogens is 1. The van der Waals surface area contributed by atoms with Crippen molar-refractivity contribution >= 4 is 50.8 Å². The second-order valence-corrected chi connectivity index (χ2v) is 6.98. The first-order valence-electron chi connectivity index (χ1n) is 6.80. The number of hydrogen-bond donors (Lipinski definition) is 2. The van der Waals surface area contributed by atoms with E-state index in [2.05, 4.69) is 10.3 Å². The number of carbonyl (C=O) groups is 2. The Labute approximate surface area is 140 Å². The van der Waals surface area contributed by atoms with E-state index >= 15 is 0 Å². The molecule has 1 aromatic heterocycles. The van der Waals surface area contributed by atoms with E-state index in [9.17, 15) is 9.59 Å². The van der Waals surface area contributed by atoms with Gasteiger partial charge in [0.25, 0.3) is 0 Å². The summed E-state index contributed by atoms with van der Waals surface area (Å²) in [6.45, 7) is 0. The third-order valence-corrected chi connectivity index (χ3v) is 5.21. The van der Waals surface area contributed by atoms with Crippen molar-refractivity contribution in [2.75, 3.05) is 11.1 Å². The van der Waals surface area contributed by atoms with Crippen molar-refractivity contribution in [2.24, 2.45) is 5.73 Å². The van der Waals surface area contributed by atoms with Crippen LogP contribution in [0, 0.1) is 0 Å². The molecule has 0 unspecified atom stereocenters. The van der Waals surface area contributed by atoms with Gasteiger partial charge in [-0.25, -0.2) is 4.98 Å². The van der Waals surface area contributed by atoms with Crippen LogP contribution in [0.2, 0.25) is 0 Å². The zero-order valence-corrected chi connectivity index (χ0v) is 13.6. The minimum absolute atomic E-state index is 0.157. The van der Waals surface area contributed by atoms with E-state index in [0.29, 0.717) is 11.3 Å². The third kappa shape index (κ3) is 3.88. The van der Waals surface area contributed by atoms with Crippen LogP contribution in [0.25, 0.3) is 10.2 Å². The van der Waals surface area contributed by atoms with Crippen molar-refractivity contribution in [3.8, 4) is 0 Å². The molecule has 0 aliphatic heterocycles. The minimum atomic E-state index is -0.523. The molecule has 0 radical (unpaired) electrons. The summed E-state index contributed by atoms with van der Waals surface area (Å²) >= 11 is 2.95. The maximum Gasteiger partial charge on any atom is 0.248 e. The predicted molar refractivity (Wildman–Crippen MR) is 93.9 cm³/mol. The lowest BCUT2D eigenvalue weighted by atomic mass is 10.2. The van der Waals surface area contributed by atoms with Crippen molar-refractivity contribution in [1.82, 2.24) is 4.98 Å². The molecule has 23 heavy (non-hydrogen) atoms. The van der Waals surface area contributed by atoms with E-state index in [1.54, 1.807) is 35.6 Å². The van der Waals surface area contributed by atoms with Gasteiger partial charge in [-0.2, -0.15) is 0 Å². The highest BCUT2D eigenvalue weighted by Crippen LogP contribution is 2.29. The van der Waals surface area contributed by atoms with Crippen LogP contribution in [0.3, 0.4) is 0 Å². The molecule has 0 aliphatic carbocycles. The fraction of sp³-hybridized carbons (Fsp3) is 0.0625. The highest BCUT2D eigenvalue weighted by molar-refractivity contribution is 8.01. The van der Waals surface area contributed by atoms with Gasteiger partial charge in [0.2, 0.25) is 11.8 Å². The number of primary amides is 1. The molecule has 3 N–H and O–H groups in total. The number of nitrogens with one attached hydrogen (secondary N) is 1. The number of fused-ring (bicyclic) bond motifs is 1. The number of para-hydroxylation sites is 1. The molecule has 0 saturated carbocycles. The van der Waals surface area contributed by atoms with Gasteiger partial charge in [-0.15, -0.1) is 11.3 Å². The summed E-state index contributed by atoms with van der Waals surface area (Å²) in [5.41, 5.74) is 7.08. The predicted octanol–water partition coefficient (Wildman–Crippen LogP) is 3.13. The number of thioether (sulfide) groups is 1. The molecule has 0 bridgehead atoms. The Kier molecular flexibility index (Phi) is 4.59. The number of rotatable bonds is 5. The third-order valence-electron chi connectivity index (χ3n) is 3.03. The molecule has 0 saturated heterocycles. The summed E-state index contributed by atoms with van der Waals surface area (Å²) in [5.74, 6) is -0.429. The highest BCUT2D eigenvalue weighted by atomic mass is 32.2. The van der Waals surface area contributed by atoms with E-state index in [-0.39, 0.29) is 11.7 Å². The Hall–Kier alpha value is -2.38. The second kappa shape index (κ2) is 6.80. The molecule has 3 rings (SSSR count). The standard InChI is InChI=1S/C16H13N3O2S2/c17-15(21)10-4-3-5-11(8-10)18-14(20)9-22-16-19-12-6-1-2-7-13(12)23-16/h1-8H,9H2,(H2,17,21)(H,18,20). The molecule has 116 valence electrons. The fourth-order valence-corrected chi connectivity index (χ4v) is 3.86.